The van der Waals surface area contributed by atoms with Crippen LogP contribution in [-0.4, -0.2) is 29.8 Å². The summed E-state index contributed by atoms with van der Waals surface area (Å²) >= 11 is 0. The van der Waals surface area contributed by atoms with Gasteiger partial charge in [0, 0.05) is 19.0 Å². The van der Waals surface area contributed by atoms with Gasteiger partial charge < -0.3 is 10.2 Å². The van der Waals surface area contributed by atoms with Gasteiger partial charge in [-0.15, -0.1) is 0 Å². The van der Waals surface area contributed by atoms with E-state index in [1.807, 2.05) is 30.3 Å². The number of carbonyl (C=O) groups is 2. The van der Waals surface area contributed by atoms with Crippen LogP contribution in [0.1, 0.15) is 18.4 Å². The summed E-state index contributed by atoms with van der Waals surface area (Å²) in [5.74, 6) is -5.23. The predicted octanol–water partition coefficient (Wildman–Crippen LogP) is 3.52. The van der Waals surface area contributed by atoms with Gasteiger partial charge in [-0.1, -0.05) is 30.3 Å². The molecule has 1 saturated heterocycles. The van der Waals surface area contributed by atoms with Crippen LogP contribution in [0.25, 0.3) is 0 Å². The molecule has 1 N–H and O–H groups in total. The number of anilines is 1. The second kappa shape index (κ2) is 8.24. The largest absolute Gasteiger partial charge is 0.342 e. The Hall–Kier alpha value is -2.83. The molecule has 1 aliphatic rings. The summed E-state index contributed by atoms with van der Waals surface area (Å²) in [5.41, 5.74) is 0.540. The molecule has 1 heterocycles. The molecule has 0 spiro atoms. The lowest BCUT2D eigenvalue weighted by Gasteiger charge is -2.31. The van der Waals surface area contributed by atoms with Crippen LogP contribution in [0.15, 0.2) is 42.5 Å². The second-order valence-corrected chi connectivity index (χ2v) is 6.53. The van der Waals surface area contributed by atoms with Crippen LogP contribution in [0.5, 0.6) is 0 Å². The van der Waals surface area contributed by atoms with Crippen LogP contribution in [-0.2, 0) is 16.0 Å². The van der Waals surface area contributed by atoms with Gasteiger partial charge >= 0.3 is 0 Å². The number of halogens is 3. The zero-order valence-corrected chi connectivity index (χ0v) is 14.6. The fourth-order valence-corrected chi connectivity index (χ4v) is 3.13. The number of likely N-dealkylation sites (tertiary alicyclic amines) is 1. The van der Waals surface area contributed by atoms with Gasteiger partial charge in [-0.05, 0) is 30.5 Å². The fourth-order valence-electron chi connectivity index (χ4n) is 3.13. The number of amides is 2. The van der Waals surface area contributed by atoms with E-state index in [-0.39, 0.29) is 11.6 Å². The van der Waals surface area contributed by atoms with Crippen LogP contribution in [0.3, 0.4) is 0 Å². The molecule has 1 aliphatic heterocycles. The molecule has 142 valence electrons. The second-order valence-electron chi connectivity index (χ2n) is 6.53. The van der Waals surface area contributed by atoms with Crippen molar-refractivity contribution in [2.75, 3.05) is 18.4 Å². The number of benzene rings is 2. The minimum Gasteiger partial charge on any atom is -0.342 e. The first-order chi connectivity index (χ1) is 13.0. The molecule has 2 aromatic carbocycles. The number of hydrogen-bond donors (Lipinski definition) is 1. The third-order valence-corrected chi connectivity index (χ3v) is 4.71. The quantitative estimate of drug-likeness (QED) is 0.830. The first-order valence-corrected chi connectivity index (χ1v) is 8.71. The first-order valence-electron chi connectivity index (χ1n) is 8.71. The van der Waals surface area contributed by atoms with Crippen LogP contribution in [0.4, 0.5) is 18.9 Å². The van der Waals surface area contributed by atoms with Crippen LogP contribution in [0, 0.1) is 23.4 Å². The molecule has 0 bridgehead atoms. The summed E-state index contributed by atoms with van der Waals surface area (Å²) in [4.78, 5) is 26.3. The van der Waals surface area contributed by atoms with Gasteiger partial charge in [0.25, 0.3) is 0 Å². The molecule has 27 heavy (non-hydrogen) atoms. The molecule has 2 amide bonds. The maximum absolute atomic E-state index is 13.7. The van der Waals surface area contributed by atoms with E-state index in [0.29, 0.717) is 32.4 Å². The molecule has 0 unspecified atom stereocenters. The topological polar surface area (TPSA) is 49.4 Å². The number of rotatable bonds is 4. The van der Waals surface area contributed by atoms with Gasteiger partial charge in [0.2, 0.25) is 11.8 Å². The monoisotopic (exact) mass is 376 g/mol. The Morgan fingerprint density at radius 2 is 1.63 bits per heavy atom. The Labute approximate surface area is 155 Å². The number of nitrogens with zero attached hydrogens (tertiary/aromatic N) is 1. The van der Waals surface area contributed by atoms with Crippen molar-refractivity contribution in [3.8, 4) is 0 Å². The van der Waals surface area contributed by atoms with Gasteiger partial charge in [0.05, 0.1) is 12.1 Å². The fraction of sp³-hybridized carbons (Fsp3) is 0.300. The summed E-state index contributed by atoms with van der Waals surface area (Å²) in [6.45, 7) is 0.841. The van der Waals surface area contributed by atoms with E-state index in [4.69, 9.17) is 0 Å². The van der Waals surface area contributed by atoms with E-state index < -0.39 is 29.3 Å². The van der Waals surface area contributed by atoms with Crippen molar-refractivity contribution in [1.29, 1.82) is 0 Å². The molecule has 7 heteroatoms. The van der Waals surface area contributed by atoms with Gasteiger partial charge in [-0.25, -0.2) is 13.2 Å². The van der Waals surface area contributed by atoms with E-state index >= 15 is 0 Å². The molecule has 0 radical (unpaired) electrons. The van der Waals surface area contributed by atoms with Crippen molar-refractivity contribution < 1.29 is 22.8 Å². The van der Waals surface area contributed by atoms with Gasteiger partial charge in [0.15, 0.2) is 17.5 Å². The SMILES string of the molecule is O=C(Nc1ccc(F)c(F)c1F)C1CCN(C(=O)Cc2ccccc2)CC1. The molecule has 0 saturated carbocycles. The summed E-state index contributed by atoms with van der Waals surface area (Å²) in [6, 6.07) is 11.1. The summed E-state index contributed by atoms with van der Waals surface area (Å²) in [7, 11) is 0. The highest BCUT2D eigenvalue weighted by atomic mass is 19.2. The maximum Gasteiger partial charge on any atom is 0.227 e. The summed E-state index contributed by atoms with van der Waals surface area (Å²) in [6.07, 6.45) is 1.16. The molecule has 3 rings (SSSR count). The standard InChI is InChI=1S/C20H19F3N2O2/c21-15-6-7-16(19(23)18(15)22)24-20(27)14-8-10-25(11-9-14)17(26)12-13-4-2-1-3-5-13/h1-7,14H,8-12H2,(H,24,27). The smallest absolute Gasteiger partial charge is 0.227 e. The Morgan fingerprint density at radius 3 is 2.30 bits per heavy atom. The Kier molecular flexibility index (Phi) is 5.78. The average molecular weight is 376 g/mol. The highest BCUT2D eigenvalue weighted by Gasteiger charge is 2.28. The minimum absolute atomic E-state index is 0.00768. The third kappa shape index (κ3) is 4.48. The van der Waals surface area contributed by atoms with Crippen molar-refractivity contribution in [3.63, 3.8) is 0 Å². The average Bonchev–Trinajstić information content (AvgIpc) is 2.69. The zero-order valence-electron chi connectivity index (χ0n) is 14.6. The molecule has 0 atom stereocenters. The molecule has 1 fully saturated rings. The van der Waals surface area contributed by atoms with Crippen LogP contribution >= 0.6 is 0 Å². The van der Waals surface area contributed by atoms with Gasteiger partial charge in [-0.2, -0.15) is 0 Å². The van der Waals surface area contributed by atoms with E-state index in [1.54, 1.807) is 4.90 Å². The molecule has 2 aromatic rings. The first kappa shape index (κ1) is 18.9. The molecular formula is C20H19F3N2O2. The lowest BCUT2D eigenvalue weighted by atomic mass is 9.95. The number of piperidine rings is 1. The third-order valence-electron chi connectivity index (χ3n) is 4.71. The lowest BCUT2D eigenvalue weighted by Crippen LogP contribution is -2.42. The molecule has 0 aromatic heterocycles. The Balaban J connectivity index is 1.53. The highest BCUT2D eigenvalue weighted by molar-refractivity contribution is 5.93. The van der Waals surface area contributed by atoms with Crippen LogP contribution < -0.4 is 5.32 Å². The molecule has 0 aliphatic carbocycles. The Morgan fingerprint density at radius 1 is 0.963 bits per heavy atom. The summed E-state index contributed by atoms with van der Waals surface area (Å²) in [5, 5.41) is 2.31. The van der Waals surface area contributed by atoms with E-state index in [9.17, 15) is 22.8 Å². The van der Waals surface area contributed by atoms with Gasteiger partial charge in [-0.3, -0.25) is 9.59 Å². The van der Waals surface area contributed by atoms with Gasteiger partial charge in [0.1, 0.15) is 0 Å². The van der Waals surface area contributed by atoms with Crippen molar-refractivity contribution in [2.45, 2.75) is 19.3 Å². The Bertz CT molecular complexity index is 835. The minimum atomic E-state index is -1.62. The normalized spacial score (nSPS) is 14.9. The predicted molar refractivity (Wildman–Crippen MR) is 94.4 cm³/mol. The van der Waals surface area contributed by atoms with E-state index in [0.717, 1.165) is 17.7 Å². The number of carbonyl (C=O) groups excluding carboxylic acids is 2. The molecule has 4 nitrogen and oxygen atoms in total. The number of hydrogen-bond acceptors (Lipinski definition) is 2. The van der Waals surface area contributed by atoms with Crippen LogP contribution in [0.2, 0.25) is 0 Å². The molecular weight excluding hydrogens is 357 g/mol. The highest BCUT2D eigenvalue weighted by Crippen LogP contribution is 2.23. The van der Waals surface area contributed by atoms with Crippen molar-refractivity contribution in [3.05, 3.63) is 65.5 Å². The van der Waals surface area contributed by atoms with Crippen molar-refractivity contribution in [2.24, 2.45) is 5.92 Å². The lowest BCUT2D eigenvalue weighted by molar-refractivity contribution is -0.133. The van der Waals surface area contributed by atoms with Crippen molar-refractivity contribution in [1.82, 2.24) is 4.90 Å². The van der Waals surface area contributed by atoms with E-state index in [2.05, 4.69) is 5.32 Å². The maximum atomic E-state index is 13.7. The van der Waals surface area contributed by atoms with E-state index in [1.165, 1.54) is 0 Å². The van der Waals surface area contributed by atoms with Crippen molar-refractivity contribution >= 4 is 17.5 Å². The number of nitrogens with one attached hydrogen (secondary N) is 1. The zero-order chi connectivity index (χ0) is 19.4. The summed E-state index contributed by atoms with van der Waals surface area (Å²) < 4.78 is 39.9.